The Bertz CT molecular complexity index is 783. The molecule has 0 aliphatic rings. The second-order valence-electron chi connectivity index (χ2n) is 4.21. The molecule has 1 N–H and O–H groups in total. The Kier molecular flexibility index (Phi) is 2.95. The van der Waals surface area contributed by atoms with Crippen LogP contribution in [0, 0.1) is 6.92 Å². The molecular formula is C14H12O3S2. The topological polar surface area (TPSA) is 46.5 Å². The van der Waals surface area contributed by atoms with Crippen molar-refractivity contribution < 1.29 is 14.6 Å². The molecule has 98 valence electrons. The van der Waals surface area contributed by atoms with Crippen LogP contribution in [0.2, 0.25) is 0 Å². The number of fused-ring (bicyclic) bond motifs is 3. The summed E-state index contributed by atoms with van der Waals surface area (Å²) in [7, 11) is 0. The molecule has 0 saturated heterocycles. The van der Waals surface area contributed by atoms with Crippen molar-refractivity contribution in [2.45, 2.75) is 13.8 Å². The molecule has 2 heterocycles. The highest BCUT2D eigenvalue weighted by Gasteiger charge is 2.22. The molecule has 19 heavy (non-hydrogen) atoms. The molecule has 3 rings (SSSR count). The van der Waals surface area contributed by atoms with Gasteiger partial charge in [0.2, 0.25) is 0 Å². The van der Waals surface area contributed by atoms with Gasteiger partial charge in [-0.1, -0.05) is 12.1 Å². The second-order valence-corrected chi connectivity index (χ2v) is 6.28. The number of rotatable bonds is 2. The number of carbonyl (C=O) groups is 1. The molecule has 1 aromatic carbocycles. The Morgan fingerprint density at radius 2 is 2.11 bits per heavy atom. The van der Waals surface area contributed by atoms with Gasteiger partial charge in [0, 0.05) is 10.1 Å². The van der Waals surface area contributed by atoms with E-state index in [9.17, 15) is 9.90 Å². The van der Waals surface area contributed by atoms with Crippen molar-refractivity contribution in [3.8, 4) is 5.75 Å². The fourth-order valence-electron chi connectivity index (χ4n) is 2.13. The number of thiophene rings is 2. The fourth-order valence-corrected chi connectivity index (χ4v) is 4.74. The third-order valence-corrected chi connectivity index (χ3v) is 5.44. The third kappa shape index (κ3) is 1.81. The molecule has 0 spiro atoms. The summed E-state index contributed by atoms with van der Waals surface area (Å²) in [5.74, 6) is -0.394. The number of aromatic hydroxyl groups is 1. The second kappa shape index (κ2) is 4.51. The molecule has 0 aliphatic carbocycles. The van der Waals surface area contributed by atoms with E-state index in [1.54, 1.807) is 6.92 Å². The molecule has 0 amide bonds. The van der Waals surface area contributed by atoms with Gasteiger partial charge in [-0.2, -0.15) is 0 Å². The van der Waals surface area contributed by atoms with E-state index in [1.807, 2.05) is 25.1 Å². The maximum absolute atomic E-state index is 11.8. The standard InChI is InChI=1S/C14H12O3S2/c1-3-17-14(16)13-10(15)12-11(19-13)9-7(2)5-4-6-8(9)18-12/h4-6,15H,3H2,1-2H3. The predicted octanol–water partition coefficient (Wildman–Crippen LogP) is 4.31. The largest absolute Gasteiger partial charge is 0.505 e. The molecule has 0 saturated carbocycles. The molecule has 5 heteroatoms. The molecule has 0 bridgehead atoms. The summed E-state index contributed by atoms with van der Waals surface area (Å²) < 4.78 is 7.84. The smallest absolute Gasteiger partial charge is 0.352 e. The molecular weight excluding hydrogens is 280 g/mol. The first kappa shape index (κ1) is 12.4. The van der Waals surface area contributed by atoms with E-state index in [0.717, 1.165) is 25.0 Å². The summed E-state index contributed by atoms with van der Waals surface area (Å²) in [5.41, 5.74) is 1.15. The van der Waals surface area contributed by atoms with E-state index >= 15 is 0 Å². The van der Waals surface area contributed by atoms with Gasteiger partial charge in [-0.15, -0.1) is 22.7 Å². The van der Waals surface area contributed by atoms with Crippen molar-refractivity contribution >= 4 is 48.1 Å². The Balaban J connectivity index is 2.30. The normalized spacial score (nSPS) is 11.3. The first-order valence-electron chi connectivity index (χ1n) is 5.94. The lowest BCUT2D eigenvalue weighted by Crippen LogP contribution is -2.01. The zero-order valence-corrected chi connectivity index (χ0v) is 12.2. The zero-order chi connectivity index (χ0) is 13.6. The Labute approximate surface area is 118 Å². The van der Waals surface area contributed by atoms with Gasteiger partial charge in [-0.25, -0.2) is 4.79 Å². The van der Waals surface area contributed by atoms with Crippen molar-refractivity contribution in [1.29, 1.82) is 0 Å². The van der Waals surface area contributed by atoms with Gasteiger partial charge in [-0.05, 0) is 25.5 Å². The molecule has 3 nitrogen and oxygen atoms in total. The van der Waals surface area contributed by atoms with Crippen LogP contribution in [0.15, 0.2) is 18.2 Å². The minimum Gasteiger partial charge on any atom is -0.505 e. The Hall–Kier alpha value is -1.59. The number of benzene rings is 1. The highest BCUT2D eigenvalue weighted by Crippen LogP contribution is 2.47. The quantitative estimate of drug-likeness (QED) is 0.716. The van der Waals surface area contributed by atoms with E-state index in [2.05, 4.69) is 0 Å². The van der Waals surface area contributed by atoms with Crippen molar-refractivity contribution in [3.05, 3.63) is 28.6 Å². The number of carbonyl (C=O) groups excluding carboxylic acids is 1. The van der Waals surface area contributed by atoms with Crippen LogP contribution < -0.4 is 0 Å². The highest BCUT2D eigenvalue weighted by atomic mass is 32.1. The van der Waals surface area contributed by atoms with Crippen LogP contribution in [0.3, 0.4) is 0 Å². The summed E-state index contributed by atoms with van der Waals surface area (Å²) >= 11 is 2.82. The van der Waals surface area contributed by atoms with Crippen LogP contribution in [0.4, 0.5) is 0 Å². The molecule has 0 radical (unpaired) electrons. The fraction of sp³-hybridized carbons (Fsp3) is 0.214. The maximum Gasteiger partial charge on any atom is 0.352 e. The summed E-state index contributed by atoms with van der Waals surface area (Å²) in [6.45, 7) is 4.10. The lowest BCUT2D eigenvalue weighted by atomic mass is 10.1. The lowest BCUT2D eigenvalue weighted by Gasteiger charge is -1.98. The average molecular weight is 292 g/mol. The number of ether oxygens (including phenoxy) is 1. The summed E-state index contributed by atoms with van der Waals surface area (Å²) in [4.78, 5) is 12.1. The first-order chi connectivity index (χ1) is 9.13. The van der Waals surface area contributed by atoms with Crippen molar-refractivity contribution in [2.24, 2.45) is 0 Å². The summed E-state index contributed by atoms with van der Waals surface area (Å²) in [6, 6.07) is 6.07. The van der Waals surface area contributed by atoms with Gasteiger partial charge in [0.25, 0.3) is 0 Å². The number of aryl methyl sites for hydroxylation is 1. The van der Waals surface area contributed by atoms with Crippen LogP contribution >= 0.6 is 22.7 Å². The highest BCUT2D eigenvalue weighted by molar-refractivity contribution is 7.34. The molecule has 2 aromatic heterocycles. The van der Waals surface area contributed by atoms with Gasteiger partial charge in [0.1, 0.15) is 0 Å². The van der Waals surface area contributed by atoms with Gasteiger partial charge in [0.15, 0.2) is 10.6 Å². The van der Waals surface area contributed by atoms with Crippen LogP contribution in [0.25, 0.3) is 19.5 Å². The van der Waals surface area contributed by atoms with E-state index in [0.29, 0.717) is 11.5 Å². The van der Waals surface area contributed by atoms with Crippen LogP contribution in [0.5, 0.6) is 5.75 Å². The number of esters is 1. The Morgan fingerprint density at radius 1 is 1.32 bits per heavy atom. The van der Waals surface area contributed by atoms with Crippen LogP contribution in [0.1, 0.15) is 22.2 Å². The summed E-state index contributed by atoms with van der Waals surface area (Å²) in [6.07, 6.45) is 0. The first-order valence-corrected chi connectivity index (χ1v) is 7.57. The van der Waals surface area contributed by atoms with E-state index in [-0.39, 0.29) is 5.75 Å². The van der Waals surface area contributed by atoms with Crippen LogP contribution in [-0.2, 0) is 4.74 Å². The van der Waals surface area contributed by atoms with E-state index in [1.165, 1.54) is 22.7 Å². The maximum atomic E-state index is 11.8. The summed E-state index contributed by atoms with van der Waals surface area (Å²) in [5, 5.41) is 11.3. The van der Waals surface area contributed by atoms with Gasteiger partial charge in [-0.3, -0.25) is 0 Å². The lowest BCUT2D eigenvalue weighted by molar-refractivity contribution is 0.0529. The van der Waals surface area contributed by atoms with Gasteiger partial charge >= 0.3 is 5.97 Å². The van der Waals surface area contributed by atoms with Gasteiger partial charge < -0.3 is 9.84 Å². The molecule has 3 aromatic rings. The number of hydrogen-bond acceptors (Lipinski definition) is 5. The molecule has 0 unspecified atom stereocenters. The van der Waals surface area contributed by atoms with Crippen molar-refractivity contribution in [2.75, 3.05) is 6.61 Å². The average Bonchev–Trinajstić information content (AvgIpc) is 2.88. The Morgan fingerprint density at radius 3 is 2.84 bits per heavy atom. The SMILES string of the molecule is CCOC(=O)c1sc2c(sc3cccc(C)c32)c1O. The minimum absolute atomic E-state index is 0.0547. The zero-order valence-electron chi connectivity index (χ0n) is 10.5. The van der Waals surface area contributed by atoms with Crippen molar-refractivity contribution in [1.82, 2.24) is 0 Å². The molecule has 0 aliphatic heterocycles. The third-order valence-electron chi connectivity index (χ3n) is 2.97. The number of hydrogen-bond donors (Lipinski definition) is 1. The van der Waals surface area contributed by atoms with Crippen molar-refractivity contribution in [3.63, 3.8) is 0 Å². The van der Waals surface area contributed by atoms with E-state index in [4.69, 9.17) is 4.74 Å². The molecule has 0 fully saturated rings. The predicted molar refractivity (Wildman–Crippen MR) is 79.6 cm³/mol. The molecule has 0 atom stereocenters. The van der Waals surface area contributed by atoms with Crippen LogP contribution in [-0.4, -0.2) is 17.7 Å². The minimum atomic E-state index is -0.449. The van der Waals surface area contributed by atoms with E-state index < -0.39 is 5.97 Å². The monoisotopic (exact) mass is 292 g/mol. The van der Waals surface area contributed by atoms with Gasteiger partial charge in [0.05, 0.1) is 16.0 Å².